The number of aryl methyl sites for hydroxylation is 1. The second-order valence-electron chi connectivity index (χ2n) is 9.54. The van der Waals surface area contributed by atoms with Gasteiger partial charge in [0.2, 0.25) is 0 Å². The van der Waals surface area contributed by atoms with Crippen molar-refractivity contribution in [2.24, 2.45) is 7.05 Å². The largest absolute Gasteiger partial charge is 0.350 e. The Hall–Kier alpha value is -3.56. The van der Waals surface area contributed by atoms with Crippen molar-refractivity contribution >= 4 is 34.1 Å². The third kappa shape index (κ3) is 4.18. The first-order chi connectivity index (χ1) is 17.5. The Morgan fingerprint density at radius 3 is 2.56 bits per heavy atom. The minimum Gasteiger partial charge on any atom is -0.350 e. The molecular weight excluding hydrogens is 477 g/mol. The number of thiazole rings is 1. The molecule has 2 aromatic heterocycles. The molecule has 0 radical (unpaired) electrons. The van der Waals surface area contributed by atoms with Crippen LogP contribution in [0, 0.1) is 5.82 Å². The molecular formula is C27H26FN5O2S. The van der Waals surface area contributed by atoms with Gasteiger partial charge in [0.25, 0.3) is 11.8 Å². The molecule has 4 heterocycles. The molecule has 2 saturated heterocycles. The zero-order chi connectivity index (χ0) is 24.8. The lowest BCUT2D eigenvalue weighted by Gasteiger charge is -2.41. The summed E-state index contributed by atoms with van der Waals surface area (Å²) in [4.78, 5) is 33.6. The number of likely N-dealkylation sites (tertiary alicyclic amines) is 2. The SMILES string of the molecule is Cn1cc(-c2ccc(F)cc2)c2cc(C(=O)N3CC(N[C@H]4CCN(C(=O)c5nccs5)C4)C3)ccc21. The van der Waals surface area contributed by atoms with Crippen LogP contribution in [0.25, 0.3) is 22.0 Å². The number of aromatic nitrogens is 2. The van der Waals surface area contributed by atoms with Gasteiger partial charge in [-0.15, -0.1) is 11.3 Å². The van der Waals surface area contributed by atoms with E-state index in [1.807, 2.05) is 51.2 Å². The quantitative estimate of drug-likeness (QED) is 0.450. The molecule has 184 valence electrons. The van der Waals surface area contributed by atoms with Gasteiger partial charge in [0.1, 0.15) is 5.82 Å². The smallest absolute Gasteiger partial charge is 0.282 e. The van der Waals surface area contributed by atoms with Crippen molar-refractivity contribution in [1.29, 1.82) is 0 Å². The van der Waals surface area contributed by atoms with Gasteiger partial charge < -0.3 is 19.7 Å². The molecule has 0 saturated carbocycles. The summed E-state index contributed by atoms with van der Waals surface area (Å²) in [5.41, 5.74) is 3.56. The van der Waals surface area contributed by atoms with Gasteiger partial charge in [0.05, 0.1) is 0 Å². The second-order valence-corrected chi connectivity index (χ2v) is 10.4. The molecule has 36 heavy (non-hydrogen) atoms. The summed E-state index contributed by atoms with van der Waals surface area (Å²) in [7, 11) is 1.97. The van der Waals surface area contributed by atoms with Crippen molar-refractivity contribution in [2.45, 2.75) is 18.5 Å². The number of carbonyl (C=O) groups excluding carboxylic acids is 2. The monoisotopic (exact) mass is 503 g/mol. The van der Waals surface area contributed by atoms with Gasteiger partial charge >= 0.3 is 0 Å². The number of amides is 2. The van der Waals surface area contributed by atoms with E-state index in [4.69, 9.17) is 0 Å². The average molecular weight is 504 g/mol. The first kappa shape index (κ1) is 22.9. The van der Waals surface area contributed by atoms with Crippen molar-refractivity contribution in [3.8, 4) is 11.1 Å². The Bertz CT molecular complexity index is 1430. The first-order valence-corrected chi connectivity index (χ1v) is 12.9. The van der Waals surface area contributed by atoms with E-state index in [-0.39, 0.29) is 29.7 Å². The number of rotatable bonds is 5. The number of fused-ring (bicyclic) bond motifs is 1. The fourth-order valence-corrected chi connectivity index (χ4v) is 5.80. The summed E-state index contributed by atoms with van der Waals surface area (Å²) in [6, 6.07) is 12.7. The highest BCUT2D eigenvalue weighted by atomic mass is 32.1. The van der Waals surface area contributed by atoms with Crippen LogP contribution in [-0.2, 0) is 7.05 Å². The number of benzene rings is 2. The maximum absolute atomic E-state index is 13.4. The van der Waals surface area contributed by atoms with Crippen LogP contribution in [0.1, 0.15) is 26.6 Å². The fraction of sp³-hybridized carbons (Fsp3) is 0.296. The van der Waals surface area contributed by atoms with Crippen LogP contribution in [-0.4, -0.2) is 69.4 Å². The van der Waals surface area contributed by atoms with E-state index >= 15 is 0 Å². The molecule has 2 amide bonds. The van der Waals surface area contributed by atoms with E-state index in [9.17, 15) is 14.0 Å². The van der Waals surface area contributed by atoms with Crippen LogP contribution in [0.15, 0.2) is 60.2 Å². The van der Waals surface area contributed by atoms with Gasteiger partial charge in [0, 0.05) is 85.1 Å². The summed E-state index contributed by atoms with van der Waals surface area (Å²) in [6.07, 6.45) is 4.57. The van der Waals surface area contributed by atoms with Crippen LogP contribution >= 0.6 is 11.3 Å². The maximum atomic E-state index is 13.4. The molecule has 2 aromatic carbocycles. The highest BCUT2D eigenvalue weighted by Gasteiger charge is 2.35. The third-order valence-electron chi connectivity index (χ3n) is 7.12. The highest BCUT2D eigenvalue weighted by Crippen LogP contribution is 2.31. The van der Waals surface area contributed by atoms with Crippen LogP contribution in [0.5, 0.6) is 0 Å². The number of halogens is 1. The maximum Gasteiger partial charge on any atom is 0.282 e. The molecule has 0 spiro atoms. The molecule has 4 aromatic rings. The molecule has 0 aliphatic carbocycles. The van der Waals surface area contributed by atoms with Crippen molar-refractivity contribution in [2.75, 3.05) is 26.2 Å². The highest BCUT2D eigenvalue weighted by molar-refractivity contribution is 7.11. The molecule has 0 unspecified atom stereocenters. The van der Waals surface area contributed by atoms with Crippen molar-refractivity contribution in [3.05, 3.63) is 76.6 Å². The average Bonchev–Trinajstić information content (AvgIpc) is 3.62. The van der Waals surface area contributed by atoms with Crippen molar-refractivity contribution < 1.29 is 14.0 Å². The van der Waals surface area contributed by atoms with E-state index in [1.54, 1.807) is 18.3 Å². The lowest BCUT2D eigenvalue weighted by molar-refractivity contribution is 0.0553. The van der Waals surface area contributed by atoms with E-state index < -0.39 is 0 Å². The van der Waals surface area contributed by atoms with Gasteiger partial charge in [-0.3, -0.25) is 9.59 Å². The number of carbonyl (C=O) groups is 2. The van der Waals surface area contributed by atoms with E-state index in [0.29, 0.717) is 30.2 Å². The van der Waals surface area contributed by atoms with Crippen LogP contribution in [0.4, 0.5) is 4.39 Å². The molecule has 0 bridgehead atoms. The van der Waals surface area contributed by atoms with Gasteiger partial charge in [-0.2, -0.15) is 0 Å². The number of hydrogen-bond acceptors (Lipinski definition) is 5. The summed E-state index contributed by atoms with van der Waals surface area (Å²) in [5.74, 6) is -0.265. The first-order valence-electron chi connectivity index (χ1n) is 12.1. The van der Waals surface area contributed by atoms with Crippen LogP contribution in [0.2, 0.25) is 0 Å². The van der Waals surface area contributed by atoms with Gasteiger partial charge in [-0.1, -0.05) is 12.1 Å². The van der Waals surface area contributed by atoms with E-state index in [1.165, 1.54) is 23.5 Å². The fourth-order valence-electron chi connectivity index (χ4n) is 5.20. The summed E-state index contributed by atoms with van der Waals surface area (Å²) in [6.45, 7) is 2.68. The predicted octanol–water partition coefficient (Wildman–Crippen LogP) is 3.77. The van der Waals surface area contributed by atoms with Crippen molar-refractivity contribution in [1.82, 2.24) is 24.7 Å². The summed E-state index contributed by atoms with van der Waals surface area (Å²) < 4.78 is 15.4. The Morgan fingerprint density at radius 1 is 1.03 bits per heavy atom. The Kier molecular flexibility index (Phi) is 5.81. The standard InChI is InChI=1S/C27H26FN5O2S/c1-31-16-23(17-2-5-19(28)6-3-17)22-12-18(4-7-24(22)31)26(34)33-14-21(15-33)30-20-8-10-32(13-20)27(35)25-29-9-11-36-25/h2-7,9,11-12,16,20-21,30H,8,10,13-15H2,1H3/t20-/m0/s1. The Balaban J connectivity index is 1.09. The topological polar surface area (TPSA) is 70.5 Å². The molecule has 2 fully saturated rings. The minimum absolute atomic E-state index is 0.00368. The lowest BCUT2D eigenvalue weighted by atomic mass is 10.0. The predicted molar refractivity (Wildman–Crippen MR) is 138 cm³/mol. The minimum atomic E-state index is -0.271. The van der Waals surface area contributed by atoms with Gasteiger partial charge in [0.15, 0.2) is 5.01 Å². The van der Waals surface area contributed by atoms with Crippen LogP contribution in [0.3, 0.4) is 0 Å². The van der Waals surface area contributed by atoms with E-state index in [0.717, 1.165) is 35.0 Å². The van der Waals surface area contributed by atoms with Crippen molar-refractivity contribution in [3.63, 3.8) is 0 Å². The van der Waals surface area contributed by atoms with Gasteiger partial charge in [-0.25, -0.2) is 9.37 Å². The zero-order valence-corrected chi connectivity index (χ0v) is 20.7. The third-order valence-corrected chi connectivity index (χ3v) is 7.88. The van der Waals surface area contributed by atoms with Crippen LogP contribution < -0.4 is 5.32 Å². The molecule has 9 heteroatoms. The molecule has 7 nitrogen and oxygen atoms in total. The zero-order valence-electron chi connectivity index (χ0n) is 19.9. The number of nitrogens with one attached hydrogen (secondary N) is 1. The molecule has 2 aliphatic rings. The Morgan fingerprint density at radius 2 is 1.81 bits per heavy atom. The van der Waals surface area contributed by atoms with E-state index in [2.05, 4.69) is 10.3 Å². The van der Waals surface area contributed by atoms with Gasteiger partial charge in [-0.05, 0) is 42.3 Å². The second kappa shape index (κ2) is 9.15. The lowest BCUT2D eigenvalue weighted by Crippen LogP contribution is -2.62. The molecule has 2 aliphatic heterocycles. The molecule has 1 atom stereocenters. The molecule has 1 N–H and O–H groups in total. The molecule has 6 rings (SSSR count). The summed E-state index contributed by atoms with van der Waals surface area (Å²) >= 11 is 1.37. The normalized spacial score (nSPS) is 18.1. The Labute approximate surface area is 212 Å². The number of hydrogen-bond donors (Lipinski definition) is 1. The number of nitrogens with zero attached hydrogens (tertiary/aromatic N) is 4. The summed E-state index contributed by atoms with van der Waals surface area (Å²) in [5, 5.41) is 6.94.